The van der Waals surface area contributed by atoms with Gasteiger partial charge in [-0.15, -0.1) is 0 Å². The van der Waals surface area contributed by atoms with E-state index in [1.807, 2.05) is 13.0 Å². The summed E-state index contributed by atoms with van der Waals surface area (Å²) in [5, 5.41) is 1.05. The van der Waals surface area contributed by atoms with Gasteiger partial charge in [0.05, 0.1) is 24.2 Å². The summed E-state index contributed by atoms with van der Waals surface area (Å²) in [5.74, 6) is 4.16. The van der Waals surface area contributed by atoms with Crippen LogP contribution in [0, 0.1) is 13.8 Å². The first kappa shape index (κ1) is 17.7. The van der Waals surface area contributed by atoms with Crippen LogP contribution in [0.5, 0.6) is 0 Å². The minimum Gasteiger partial charge on any atom is -0.404 e. The van der Waals surface area contributed by atoms with Crippen molar-refractivity contribution in [1.29, 1.82) is 0 Å². The summed E-state index contributed by atoms with van der Waals surface area (Å²) >= 11 is 0. The molecule has 0 spiro atoms. The summed E-state index contributed by atoms with van der Waals surface area (Å²) in [4.78, 5) is 6.86. The second-order valence-corrected chi connectivity index (χ2v) is 7.80. The molecule has 4 aromatic rings. The van der Waals surface area contributed by atoms with E-state index in [-0.39, 0.29) is 6.85 Å². The fourth-order valence-electron chi connectivity index (χ4n) is 4.18. The molecule has 29 heavy (non-hydrogen) atoms. The number of hydrogen-bond acceptors (Lipinski definition) is 3. The van der Waals surface area contributed by atoms with Gasteiger partial charge >= 0.3 is 6.85 Å². The molecule has 0 radical (unpaired) electrons. The highest BCUT2D eigenvalue weighted by atomic mass is 16.4. The molecule has 0 amide bonds. The number of rotatable bonds is 2. The van der Waals surface area contributed by atoms with Crippen LogP contribution in [0.15, 0.2) is 65.1 Å². The number of furan rings is 1. The Hall–Kier alpha value is -3.34. The molecule has 0 atom stereocenters. The van der Waals surface area contributed by atoms with Gasteiger partial charge in [-0.05, 0) is 49.5 Å². The highest BCUT2D eigenvalue weighted by Gasteiger charge is 2.38. The van der Waals surface area contributed by atoms with Crippen molar-refractivity contribution in [1.82, 2.24) is 4.98 Å². The number of aromatic nitrogens is 2. The standard InChI is InChI=1S/C24H23BN3O/c1-16-15-27(4)22(14-21(16)18-8-6-5-7-9-18)28-24-20(12-13-25(28)3)19-11-10-17(2)26-23(19)29-24/h5-15H,1-4H3/q+1. The van der Waals surface area contributed by atoms with Crippen LogP contribution < -0.4 is 9.38 Å². The van der Waals surface area contributed by atoms with E-state index in [1.54, 1.807) is 0 Å². The molecular formula is C24H23BN3O+. The third-order valence-corrected chi connectivity index (χ3v) is 5.66. The van der Waals surface area contributed by atoms with Crippen molar-refractivity contribution in [3.8, 4) is 11.1 Å². The van der Waals surface area contributed by atoms with Gasteiger partial charge in [-0.1, -0.05) is 42.4 Å². The van der Waals surface area contributed by atoms with Crippen LogP contribution in [0.3, 0.4) is 0 Å². The molecule has 4 heterocycles. The van der Waals surface area contributed by atoms with Crippen LogP contribution in [-0.2, 0) is 7.05 Å². The Morgan fingerprint density at radius 1 is 1.07 bits per heavy atom. The lowest BCUT2D eigenvalue weighted by Gasteiger charge is -2.23. The molecule has 0 bridgehead atoms. The molecule has 3 aromatic heterocycles. The number of hydrogen-bond donors (Lipinski definition) is 0. The number of benzene rings is 1. The molecule has 0 fully saturated rings. The topological polar surface area (TPSA) is 33.2 Å². The summed E-state index contributed by atoms with van der Waals surface area (Å²) in [5.41, 5.74) is 6.43. The van der Waals surface area contributed by atoms with Crippen molar-refractivity contribution >= 4 is 35.7 Å². The summed E-state index contributed by atoms with van der Waals surface area (Å²) in [7, 11) is 2.09. The predicted octanol–water partition coefficient (Wildman–Crippen LogP) is 5.26. The third-order valence-electron chi connectivity index (χ3n) is 5.66. The van der Waals surface area contributed by atoms with Crippen LogP contribution in [0.4, 0.5) is 11.7 Å². The van der Waals surface area contributed by atoms with Crippen molar-refractivity contribution in [2.75, 3.05) is 4.81 Å². The smallest absolute Gasteiger partial charge is 0.404 e. The molecule has 4 nitrogen and oxygen atoms in total. The van der Waals surface area contributed by atoms with Gasteiger partial charge in [0.1, 0.15) is 0 Å². The van der Waals surface area contributed by atoms with Gasteiger partial charge in [0.15, 0.2) is 0 Å². The molecule has 1 aromatic carbocycles. The van der Waals surface area contributed by atoms with Gasteiger partial charge < -0.3 is 4.42 Å². The Morgan fingerprint density at radius 2 is 1.86 bits per heavy atom. The fourth-order valence-corrected chi connectivity index (χ4v) is 4.18. The maximum absolute atomic E-state index is 6.29. The van der Waals surface area contributed by atoms with E-state index in [0.717, 1.165) is 28.3 Å². The van der Waals surface area contributed by atoms with Crippen molar-refractivity contribution < 1.29 is 8.98 Å². The Labute approximate surface area is 171 Å². The molecule has 1 aliphatic rings. The van der Waals surface area contributed by atoms with E-state index in [1.165, 1.54) is 16.7 Å². The summed E-state index contributed by atoms with van der Waals surface area (Å²) in [6.45, 7) is 6.50. The molecule has 0 unspecified atom stereocenters. The SMILES string of the molecule is CB1C=Cc2c(oc3nc(C)ccc23)N1c1cc(-c2ccccc2)c(C)c[n+]1C. The number of aryl methyl sites for hydroxylation is 3. The molecule has 5 rings (SSSR count). The second kappa shape index (κ2) is 6.62. The average molecular weight is 380 g/mol. The first-order chi connectivity index (χ1) is 14.0. The Bertz CT molecular complexity index is 1260. The normalized spacial score (nSPS) is 13.2. The highest BCUT2D eigenvalue weighted by molar-refractivity contribution is 6.69. The highest BCUT2D eigenvalue weighted by Crippen LogP contribution is 2.40. The van der Waals surface area contributed by atoms with E-state index >= 15 is 0 Å². The van der Waals surface area contributed by atoms with E-state index in [0.29, 0.717) is 5.71 Å². The maximum atomic E-state index is 6.29. The minimum atomic E-state index is 0.168. The van der Waals surface area contributed by atoms with Crippen molar-refractivity contribution in [3.05, 3.63) is 77.5 Å². The monoisotopic (exact) mass is 380 g/mol. The minimum absolute atomic E-state index is 0.168. The number of nitrogens with zero attached hydrogens (tertiary/aromatic N) is 3. The Balaban J connectivity index is 1.72. The lowest BCUT2D eigenvalue weighted by molar-refractivity contribution is -0.658. The van der Waals surface area contributed by atoms with Gasteiger partial charge in [-0.2, -0.15) is 0 Å². The first-order valence-electron chi connectivity index (χ1n) is 9.96. The van der Waals surface area contributed by atoms with Gasteiger partial charge in [-0.25, -0.2) is 9.55 Å². The number of fused-ring (bicyclic) bond motifs is 3. The van der Waals surface area contributed by atoms with Crippen LogP contribution in [0.2, 0.25) is 6.82 Å². The molecule has 1 aliphatic heterocycles. The molecule has 0 N–H and O–H groups in total. The van der Waals surface area contributed by atoms with Gasteiger partial charge in [0, 0.05) is 11.8 Å². The largest absolute Gasteiger partial charge is 0.405 e. The van der Waals surface area contributed by atoms with Crippen LogP contribution >= 0.6 is 0 Å². The Morgan fingerprint density at radius 3 is 2.66 bits per heavy atom. The van der Waals surface area contributed by atoms with Crippen molar-refractivity contribution in [2.45, 2.75) is 20.7 Å². The zero-order chi connectivity index (χ0) is 20.1. The van der Waals surface area contributed by atoms with Gasteiger partial charge in [-0.3, -0.25) is 4.81 Å². The summed E-state index contributed by atoms with van der Waals surface area (Å²) in [6.07, 6.45) is 4.35. The summed E-state index contributed by atoms with van der Waals surface area (Å²) in [6, 6.07) is 16.9. The lowest BCUT2D eigenvalue weighted by Crippen LogP contribution is -2.43. The Kier molecular flexibility index (Phi) is 4.05. The van der Waals surface area contributed by atoms with E-state index in [4.69, 9.17) is 4.42 Å². The van der Waals surface area contributed by atoms with Gasteiger partial charge in [0.2, 0.25) is 5.71 Å². The summed E-state index contributed by atoms with van der Waals surface area (Å²) < 4.78 is 8.46. The van der Waals surface area contributed by atoms with Crippen LogP contribution in [-0.4, -0.2) is 11.8 Å². The predicted molar refractivity (Wildman–Crippen MR) is 119 cm³/mol. The van der Waals surface area contributed by atoms with Crippen molar-refractivity contribution in [3.63, 3.8) is 0 Å². The average Bonchev–Trinajstić information content (AvgIpc) is 3.07. The van der Waals surface area contributed by atoms with Crippen LogP contribution in [0.25, 0.3) is 28.3 Å². The molecular weight excluding hydrogens is 357 g/mol. The van der Waals surface area contributed by atoms with Crippen molar-refractivity contribution in [2.24, 2.45) is 7.05 Å². The number of anilines is 2. The molecule has 5 heteroatoms. The van der Waals surface area contributed by atoms with Gasteiger partial charge in [0.25, 0.3) is 11.7 Å². The molecule has 142 valence electrons. The quantitative estimate of drug-likeness (QED) is 0.351. The maximum Gasteiger partial charge on any atom is 0.405 e. The number of pyridine rings is 2. The van der Waals surface area contributed by atoms with E-state index in [2.05, 4.69) is 95.9 Å². The molecule has 0 saturated carbocycles. The first-order valence-corrected chi connectivity index (χ1v) is 9.96. The zero-order valence-electron chi connectivity index (χ0n) is 17.2. The fraction of sp³-hybridized carbons (Fsp3) is 0.167. The molecule has 0 aliphatic carbocycles. The van der Waals surface area contributed by atoms with E-state index in [9.17, 15) is 0 Å². The van der Waals surface area contributed by atoms with Crippen LogP contribution in [0.1, 0.15) is 16.8 Å². The lowest BCUT2D eigenvalue weighted by atomic mass is 9.61. The molecule has 0 saturated heterocycles. The van der Waals surface area contributed by atoms with E-state index < -0.39 is 0 Å². The third kappa shape index (κ3) is 2.85. The second-order valence-electron chi connectivity index (χ2n) is 7.80. The zero-order valence-corrected chi connectivity index (χ0v) is 17.2.